The molecule has 0 radical (unpaired) electrons. The zero-order valence-corrected chi connectivity index (χ0v) is 13.3. The molecule has 0 atom stereocenters. The second-order valence-corrected chi connectivity index (χ2v) is 5.26. The number of halogens is 2. The maximum Gasteiger partial charge on any atom is 0.253 e. The molecule has 128 valence electrons. The Morgan fingerprint density at radius 3 is 2.52 bits per heavy atom. The number of anilines is 2. The van der Waals surface area contributed by atoms with Crippen LogP contribution in [0, 0.1) is 11.6 Å². The van der Waals surface area contributed by atoms with Crippen LogP contribution in [0.3, 0.4) is 0 Å². The molecule has 9 heteroatoms. The summed E-state index contributed by atoms with van der Waals surface area (Å²) in [6.45, 7) is 0. The molecule has 0 unspecified atom stereocenters. The molecule has 0 amide bonds. The van der Waals surface area contributed by atoms with E-state index in [1.54, 1.807) is 30.9 Å². The fraction of sp³-hybridized carbons (Fsp3) is 0.125. The van der Waals surface area contributed by atoms with Gasteiger partial charge in [-0.1, -0.05) is 0 Å². The van der Waals surface area contributed by atoms with Crippen LogP contribution in [-0.2, 0) is 0 Å². The van der Waals surface area contributed by atoms with Gasteiger partial charge in [0.15, 0.2) is 11.5 Å². The average molecular weight is 345 g/mol. The van der Waals surface area contributed by atoms with Gasteiger partial charge in [-0.2, -0.15) is 4.98 Å². The maximum atomic E-state index is 13.8. The second-order valence-electron chi connectivity index (χ2n) is 5.26. The molecular formula is C16H13F2N5O2. The van der Waals surface area contributed by atoms with Crippen LogP contribution in [0.5, 0.6) is 11.5 Å². The Hall–Kier alpha value is -3.36. The molecular weight excluding hydrogens is 332 g/mol. The lowest BCUT2D eigenvalue weighted by Crippen LogP contribution is -1.97. The zero-order chi connectivity index (χ0) is 17.6. The summed E-state index contributed by atoms with van der Waals surface area (Å²) >= 11 is 0. The van der Waals surface area contributed by atoms with Gasteiger partial charge >= 0.3 is 0 Å². The Balaban J connectivity index is 1.77. The summed E-state index contributed by atoms with van der Waals surface area (Å²) in [6.07, 6.45) is 0. The van der Waals surface area contributed by atoms with Crippen molar-refractivity contribution in [1.29, 1.82) is 0 Å². The molecule has 0 saturated carbocycles. The smallest absolute Gasteiger partial charge is 0.253 e. The molecule has 2 aromatic heterocycles. The van der Waals surface area contributed by atoms with E-state index in [0.29, 0.717) is 28.3 Å². The van der Waals surface area contributed by atoms with E-state index in [-0.39, 0.29) is 11.6 Å². The summed E-state index contributed by atoms with van der Waals surface area (Å²) in [4.78, 5) is 8.65. The lowest BCUT2D eigenvalue weighted by molar-refractivity contribution is 0.355. The number of rotatable bonds is 4. The predicted molar refractivity (Wildman–Crippen MR) is 87.6 cm³/mol. The van der Waals surface area contributed by atoms with Crippen LogP contribution in [-0.4, -0.2) is 33.8 Å². The number of hydrogen-bond acceptors (Lipinski definition) is 5. The Kier molecular flexibility index (Phi) is 3.41. The van der Waals surface area contributed by atoms with Crippen molar-refractivity contribution in [1.82, 2.24) is 19.6 Å². The standard InChI is InChI=1S/C16H13F2N5O2/c1-24-13-6-11-12(7-14(13)25-2)23-16(20-11)21-15(22-23)19-10-4-3-8(17)5-9(10)18/h3-7H,1-2H3,(H2,19,20,21,22). The van der Waals surface area contributed by atoms with Crippen molar-refractivity contribution in [3.05, 3.63) is 42.0 Å². The molecule has 0 aliphatic rings. The average Bonchev–Trinajstić information content (AvgIpc) is 3.13. The van der Waals surface area contributed by atoms with Crippen LogP contribution in [0.1, 0.15) is 0 Å². The van der Waals surface area contributed by atoms with Crippen LogP contribution in [0.2, 0.25) is 0 Å². The lowest BCUT2D eigenvalue weighted by atomic mass is 10.3. The van der Waals surface area contributed by atoms with Crippen LogP contribution in [0.4, 0.5) is 20.4 Å². The zero-order valence-electron chi connectivity index (χ0n) is 13.3. The highest BCUT2D eigenvalue weighted by Crippen LogP contribution is 2.32. The molecule has 0 fully saturated rings. The monoisotopic (exact) mass is 345 g/mol. The van der Waals surface area contributed by atoms with Crippen molar-refractivity contribution in [2.24, 2.45) is 0 Å². The third-order valence-electron chi connectivity index (χ3n) is 3.76. The van der Waals surface area contributed by atoms with E-state index in [4.69, 9.17) is 9.47 Å². The lowest BCUT2D eigenvalue weighted by Gasteiger charge is -2.07. The van der Waals surface area contributed by atoms with E-state index in [9.17, 15) is 8.78 Å². The van der Waals surface area contributed by atoms with E-state index in [2.05, 4.69) is 20.4 Å². The van der Waals surface area contributed by atoms with Crippen molar-refractivity contribution >= 4 is 28.4 Å². The van der Waals surface area contributed by atoms with Crippen molar-refractivity contribution < 1.29 is 18.3 Å². The van der Waals surface area contributed by atoms with Gasteiger partial charge in [-0.15, -0.1) is 0 Å². The molecule has 0 spiro atoms. The van der Waals surface area contributed by atoms with Crippen LogP contribution >= 0.6 is 0 Å². The van der Waals surface area contributed by atoms with Gasteiger partial charge < -0.3 is 14.8 Å². The molecule has 0 aliphatic carbocycles. The van der Waals surface area contributed by atoms with E-state index in [1.165, 1.54) is 6.07 Å². The van der Waals surface area contributed by atoms with E-state index in [0.717, 1.165) is 12.1 Å². The Morgan fingerprint density at radius 2 is 1.80 bits per heavy atom. The number of H-pyrrole nitrogens is 1. The number of nitrogens with one attached hydrogen (secondary N) is 2. The maximum absolute atomic E-state index is 13.8. The Morgan fingerprint density at radius 1 is 1.04 bits per heavy atom. The van der Waals surface area contributed by atoms with Gasteiger partial charge in [0.25, 0.3) is 5.78 Å². The van der Waals surface area contributed by atoms with Gasteiger partial charge in [0, 0.05) is 18.2 Å². The highest BCUT2D eigenvalue weighted by atomic mass is 19.1. The number of aromatic nitrogens is 4. The highest BCUT2D eigenvalue weighted by molar-refractivity contribution is 5.83. The number of benzene rings is 2. The molecule has 25 heavy (non-hydrogen) atoms. The molecule has 2 N–H and O–H groups in total. The number of fused-ring (bicyclic) bond motifs is 3. The fourth-order valence-corrected chi connectivity index (χ4v) is 2.58. The summed E-state index contributed by atoms with van der Waals surface area (Å²) < 4.78 is 38.9. The largest absolute Gasteiger partial charge is 0.493 e. The quantitative estimate of drug-likeness (QED) is 0.594. The van der Waals surface area contributed by atoms with Crippen LogP contribution in [0.25, 0.3) is 16.8 Å². The number of hydrogen-bond donors (Lipinski definition) is 2. The van der Waals surface area contributed by atoms with Gasteiger partial charge in [-0.3, -0.25) is 5.10 Å². The van der Waals surface area contributed by atoms with Crippen molar-refractivity contribution in [2.75, 3.05) is 19.5 Å². The number of methoxy groups -OCH3 is 2. The third-order valence-corrected chi connectivity index (χ3v) is 3.76. The number of nitrogens with zero attached hydrogens (tertiary/aromatic N) is 3. The molecule has 7 nitrogen and oxygen atoms in total. The summed E-state index contributed by atoms with van der Waals surface area (Å²) in [6, 6.07) is 6.74. The Labute approximate surface area is 140 Å². The first-order valence-corrected chi connectivity index (χ1v) is 7.31. The topological polar surface area (TPSA) is 76.5 Å². The van der Waals surface area contributed by atoms with Crippen molar-refractivity contribution in [2.45, 2.75) is 0 Å². The number of aromatic amines is 1. The summed E-state index contributed by atoms with van der Waals surface area (Å²) in [5, 5.41) is 5.74. The second kappa shape index (κ2) is 5.62. The first kappa shape index (κ1) is 15.2. The molecule has 0 aliphatic heterocycles. The van der Waals surface area contributed by atoms with Gasteiger partial charge in [0.05, 0.1) is 30.9 Å². The molecule has 0 bridgehead atoms. The van der Waals surface area contributed by atoms with E-state index >= 15 is 0 Å². The highest BCUT2D eigenvalue weighted by Gasteiger charge is 2.15. The number of imidazole rings is 1. The molecule has 4 rings (SSSR count). The van der Waals surface area contributed by atoms with E-state index in [1.807, 2.05) is 0 Å². The normalized spacial score (nSPS) is 11.2. The third kappa shape index (κ3) is 2.49. The summed E-state index contributed by atoms with van der Waals surface area (Å²) in [5.74, 6) is 0.391. The van der Waals surface area contributed by atoms with E-state index < -0.39 is 11.6 Å². The van der Waals surface area contributed by atoms with Crippen LogP contribution in [0.15, 0.2) is 30.3 Å². The predicted octanol–water partition coefficient (Wildman–Crippen LogP) is 3.25. The van der Waals surface area contributed by atoms with Gasteiger partial charge in [0.1, 0.15) is 11.6 Å². The fourth-order valence-electron chi connectivity index (χ4n) is 2.58. The van der Waals surface area contributed by atoms with Gasteiger partial charge in [-0.05, 0) is 12.1 Å². The van der Waals surface area contributed by atoms with Crippen LogP contribution < -0.4 is 14.8 Å². The Bertz CT molecular complexity index is 1090. The van der Waals surface area contributed by atoms with Crippen molar-refractivity contribution in [3.8, 4) is 11.5 Å². The van der Waals surface area contributed by atoms with Gasteiger partial charge in [-0.25, -0.2) is 18.3 Å². The molecule has 0 saturated heterocycles. The number of ether oxygens (including phenoxy) is 2. The molecule has 2 heterocycles. The summed E-state index contributed by atoms with van der Waals surface area (Å²) in [5.41, 5.74) is 1.48. The minimum Gasteiger partial charge on any atom is -0.493 e. The minimum atomic E-state index is -0.717. The minimum absolute atomic E-state index is 0.0990. The first-order valence-electron chi connectivity index (χ1n) is 7.31. The van der Waals surface area contributed by atoms with Gasteiger partial charge in [0.2, 0.25) is 5.95 Å². The SMILES string of the molecule is COc1cc2nc3nc(Nc4ccc(F)cc4F)[nH]n3c2cc1OC. The molecule has 4 aromatic rings. The first-order chi connectivity index (χ1) is 12.1. The molecule has 2 aromatic carbocycles. The summed E-state index contributed by atoms with van der Waals surface area (Å²) in [7, 11) is 3.09. The van der Waals surface area contributed by atoms with Crippen molar-refractivity contribution in [3.63, 3.8) is 0 Å².